The van der Waals surface area contributed by atoms with Crippen LogP contribution in [0.15, 0.2) is 24.3 Å². The molecule has 0 heterocycles. The topological polar surface area (TPSA) is 4.44 Å². The van der Waals surface area contributed by atoms with E-state index in [0.717, 1.165) is 6.54 Å². The van der Waals surface area contributed by atoms with E-state index in [2.05, 4.69) is 45.3 Å². The van der Waals surface area contributed by atoms with E-state index in [0.29, 0.717) is 0 Å². The van der Waals surface area contributed by atoms with Crippen LogP contribution >= 0.6 is 0 Å². The largest absolute Gasteiger partial charge is 0.336 e. The molecule has 0 radical (unpaired) electrons. The van der Waals surface area contributed by atoms with Crippen molar-refractivity contribution in [2.45, 2.75) is 13.5 Å². The highest BCUT2D eigenvalue weighted by Gasteiger charge is 1.96. The number of quaternary nitrogens is 1. The zero-order valence-corrected chi connectivity index (χ0v) is 7.52. The average Bonchev–Trinajstić information content (AvgIpc) is 1.85. The lowest BCUT2D eigenvalue weighted by atomic mass is 10.1. The van der Waals surface area contributed by atoms with Crippen LogP contribution in [0.4, 0.5) is 0 Å². The lowest BCUT2D eigenvalue weighted by Crippen LogP contribution is -3.04. The molecule has 1 N–H and O–H groups in total. The Morgan fingerprint density at radius 2 is 2.00 bits per heavy atom. The first-order valence-corrected chi connectivity index (χ1v) is 4.03. The molecule has 1 aromatic rings. The fourth-order valence-corrected chi connectivity index (χ4v) is 1.23. The zero-order chi connectivity index (χ0) is 8.27. The second-order valence-corrected chi connectivity index (χ2v) is 3.37. The third-order valence-corrected chi connectivity index (χ3v) is 1.64. The minimum absolute atomic E-state index is 1.11. The Morgan fingerprint density at radius 1 is 1.27 bits per heavy atom. The molecule has 0 aromatic heterocycles. The molecule has 0 fully saturated rings. The predicted molar refractivity (Wildman–Crippen MR) is 47.7 cm³/mol. The molecule has 1 nitrogen and oxygen atoms in total. The predicted octanol–water partition coefficient (Wildman–Crippen LogP) is 0.640. The fraction of sp³-hybridized carbons (Fsp3) is 0.400. The van der Waals surface area contributed by atoms with E-state index in [9.17, 15) is 0 Å². The molecular weight excluding hydrogens is 134 g/mol. The van der Waals surface area contributed by atoms with Crippen LogP contribution in [-0.4, -0.2) is 14.1 Å². The number of nitrogens with one attached hydrogen (secondary N) is 1. The highest BCUT2D eigenvalue weighted by atomic mass is 15.0. The quantitative estimate of drug-likeness (QED) is 0.631. The molecule has 0 saturated carbocycles. The van der Waals surface area contributed by atoms with Gasteiger partial charge in [-0.2, -0.15) is 0 Å². The van der Waals surface area contributed by atoms with Crippen LogP contribution in [0.5, 0.6) is 0 Å². The van der Waals surface area contributed by atoms with E-state index in [1.54, 1.807) is 0 Å². The molecule has 0 spiro atoms. The first-order chi connectivity index (χ1) is 5.18. The Hall–Kier alpha value is -0.820. The number of aryl methyl sites for hydroxylation is 1. The van der Waals surface area contributed by atoms with Gasteiger partial charge in [-0.25, -0.2) is 0 Å². The van der Waals surface area contributed by atoms with Gasteiger partial charge in [0, 0.05) is 5.56 Å². The van der Waals surface area contributed by atoms with Crippen molar-refractivity contribution in [1.82, 2.24) is 0 Å². The van der Waals surface area contributed by atoms with Crippen LogP contribution in [0, 0.1) is 6.92 Å². The molecule has 0 amide bonds. The molecule has 0 aliphatic carbocycles. The highest BCUT2D eigenvalue weighted by molar-refractivity contribution is 5.21. The van der Waals surface area contributed by atoms with Gasteiger partial charge in [-0.05, 0) is 6.92 Å². The molecule has 0 aliphatic heterocycles. The number of rotatable bonds is 2. The van der Waals surface area contributed by atoms with Crippen molar-refractivity contribution < 1.29 is 4.90 Å². The van der Waals surface area contributed by atoms with Gasteiger partial charge in [0.1, 0.15) is 6.54 Å². The van der Waals surface area contributed by atoms with Crippen LogP contribution in [0.1, 0.15) is 11.1 Å². The first-order valence-electron chi connectivity index (χ1n) is 4.03. The molecule has 0 aliphatic rings. The molecular formula is C10H16N+. The van der Waals surface area contributed by atoms with Crippen molar-refractivity contribution >= 4 is 0 Å². The van der Waals surface area contributed by atoms with Crippen molar-refractivity contribution in [2.24, 2.45) is 0 Å². The van der Waals surface area contributed by atoms with Crippen LogP contribution in [-0.2, 0) is 6.54 Å². The molecule has 0 unspecified atom stereocenters. The van der Waals surface area contributed by atoms with E-state index in [-0.39, 0.29) is 0 Å². The monoisotopic (exact) mass is 150 g/mol. The smallest absolute Gasteiger partial charge is 0.102 e. The minimum Gasteiger partial charge on any atom is -0.336 e. The summed E-state index contributed by atoms with van der Waals surface area (Å²) in [4.78, 5) is 1.47. The van der Waals surface area contributed by atoms with Crippen molar-refractivity contribution in [3.05, 3.63) is 35.4 Å². The van der Waals surface area contributed by atoms with E-state index >= 15 is 0 Å². The summed E-state index contributed by atoms with van der Waals surface area (Å²) in [6.45, 7) is 3.25. The van der Waals surface area contributed by atoms with Crippen LogP contribution in [0.3, 0.4) is 0 Å². The molecule has 60 valence electrons. The SMILES string of the molecule is Cc1cccc(C[NH+](C)C)c1. The third-order valence-electron chi connectivity index (χ3n) is 1.64. The van der Waals surface area contributed by atoms with Crippen LogP contribution < -0.4 is 4.90 Å². The van der Waals surface area contributed by atoms with E-state index < -0.39 is 0 Å². The van der Waals surface area contributed by atoms with Gasteiger partial charge in [0.05, 0.1) is 14.1 Å². The van der Waals surface area contributed by atoms with Crippen LogP contribution in [0.25, 0.3) is 0 Å². The Bertz CT molecular complexity index is 228. The first kappa shape index (κ1) is 8.28. The normalized spacial score (nSPS) is 10.5. The van der Waals surface area contributed by atoms with Crippen molar-refractivity contribution in [1.29, 1.82) is 0 Å². The molecule has 0 saturated heterocycles. The third kappa shape index (κ3) is 2.72. The second kappa shape index (κ2) is 3.54. The Balaban J connectivity index is 2.71. The van der Waals surface area contributed by atoms with Gasteiger partial charge in [-0.15, -0.1) is 0 Å². The lowest BCUT2D eigenvalue weighted by molar-refractivity contribution is -0.872. The van der Waals surface area contributed by atoms with E-state index in [1.807, 2.05) is 0 Å². The molecule has 11 heavy (non-hydrogen) atoms. The Kier molecular flexibility index (Phi) is 2.66. The maximum Gasteiger partial charge on any atom is 0.102 e. The highest BCUT2D eigenvalue weighted by Crippen LogP contribution is 2.01. The standard InChI is InChI=1S/C10H15N/c1-9-5-4-6-10(7-9)8-11(2)3/h4-7H,8H2,1-3H3/p+1. The van der Waals surface area contributed by atoms with E-state index in [4.69, 9.17) is 0 Å². The lowest BCUT2D eigenvalue weighted by Gasteiger charge is -2.06. The molecule has 0 atom stereocenters. The van der Waals surface area contributed by atoms with Gasteiger partial charge in [-0.1, -0.05) is 29.8 Å². The molecule has 1 rings (SSSR count). The van der Waals surface area contributed by atoms with Gasteiger partial charge in [0.25, 0.3) is 0 Å². The van der Waals surface area contributed by atoms with Crippen molar-refractivity contribution in [3.63, 3.8) is 0 Å². The second-order valence-electron chi connectivity index (χ2n) is 3.37. The van der Waals surface area contributed by atoms with Gasteiger partial charge in [0.2, 0.25) is 0 Å². The molecule has 1 heteroatoms. The summed E-state index contributed by atoms with van der Waals surface area (Å²) in [5.41, 5.74) is 2.77. The van der Waals surface area contributed by atoms with Crippen molar-refractivity contribution in [3.8, 4) is 0 Å². The summed E-state index contributed by atoms with van der Waals surface area (Å²) >= 11 is 0. The average molecular weight is 150 g/mol. The molecule has 1 aromatic carbocycles. The molecule has 0 bridgehead atoms. The summed E-state index contributed by atoms with van der Waals surface area (Å²) in [6.07, 6.45) is 0. The maximum absolute atomic E-state index is 2.24. The maximum atomic E-state index is 2.24. The number of benzene rings is 1. The summed E-state index contributed by atoms with van der Waals surface area (Å²) in [6, 6.07) is 8.68. The van der Waals surface area contributed by atoms with Crippen molar-refractivity contribution in [2.75, 3.05) is 14.1 Å². The van der Waals surface area contributed by atoms with Gasteiger partial charge < -0.3 is 4.90 Å². The van der Waals surface area contributed by atoms with E-state index in [1.165, 1.54) is 16.0 Å². The summed E-state index contributed by atoms with van der Waals surface area (Å²) < 4.78 is 0. The number of hydrogen-bond acceptors (Lipinski definition) is 0. The van der Waals surface area contributed by atoms with Gasteiger partial charge >= 0.3 is 0 Å². The Morgan fingerprint density at radius 3 is 2.55 bits per heavy atom. The fourth-order valence-electron chi connectivity index (χ4n) is 1.23. The number of hydrogen-bond donors (Lipinski definition) is 1. The van der Waals surface area contributed by atoms with Gasteiger partial charge in [-0.3, -0.25) is 0 Å². The summed E-state index contributed by atoms with van der Waals surface area (Å²) in [7, 11) is 4.34. The zero-order valence-electron chi connectivity index (χ0n) is 7.52. The summed E-state index contributed by atoms with van der Waals surface area (Å²) in [5, 5.41) is 0. The minimum atomic E-state index is 1.11. The Labute approximate surface area is 68.7 Å². The summed E-state index contributed by atoms with van der Waals surface area (Å²) in [5.74, 6) is 0. The van der Waals surface area contributed by atoms with Crippen LogP contribution in [0.2, 0.25) is 0 Å². The van der Waals surface area contributed by atoms with Gasteiger partial charge in [0.15, 0.2) is 0 Å².